The van der Waals surface area contributed by atoms with Crippen molar-refractivity contribution in [1.82, 2.24) is 4.57 Å². The van der Waals surface area contributed by atoms with E-state index in [9.17, 15) is 0 Å². The van der Waals surface area contributed by atoms with E-state index in [2.05, 4.69) is 304 Å². The van der Waals surface area contributed by atoms with E-state index in [-0.39, 0.29) is 10.8 Å². The molecule has 2 heteroatoms. The number of nitrogens with zero attached hydrogens (tertiary/aromatic N) is 2. The third-order valence-corrected chi connectivity index (χ3v) is 19.2. The molecule has 0 bridgehead atoms. The molecule has 0 fully saturated rings. The van der Waals surface area contributed by atoms with Crippen LogP contribution >= 0.6 is 0 Å². The molecule has 382 valence electrons. The van der Waals surface area contributed by atoms with Crippen LogP contribution in [0.2, 0.25) is 0 Å². The molecule has 0 amide bonds. The number of hydrogen-bond acceptors (Lipinski definition) is 1. The molecule has 0 N–H and O–H groups in total. The van der Waals surface area contributed by atoms with Gasteiger partial charge >= 0.3 is 0 Å². The summed E-state index contributed by atoms with van der Waals surface area (Å²) in [6.45, 7) is 9.49. The summed E-state index contributed by atoms with van der Waals surface area (Å²) in [5, 5.41) is 2.47. The van der Waals surface area contributed by atoms with Gasteiger partial charge in [0.2, 0.25) is 0 Å². The van der Waals surface area contributed by atoms with Gasteiger partial charge in [-0.1, -0.05) is 210 Å². The van der Waals surface area contributed by atoms with Gasteiger partial charge in [0.25, 0.3) is 0 Å². The van der Waals surface area contributed by atoms with E-state index in [0.29, 0.717) is 0 Å². The molecule has 12 aromatic carbocycles. The van der Waals surface area contributed by atoms with Crippen molar-refractivity contribution < 1.29 is 0 Å². The fourth-order valence-corrected chi connectivity index (χ4v) is 15.4. The van der Waals surface area contributed by atoms with Crippen LogP contribution in [0.4, 0.5) is 17.1 Å². The summed E-state index contributed by atoms with van der Waals surface area (Å²) in [6.07, 6.45) is 0. The highest BCUT2D eigenvalue weighted by Gasteiger charge is 2.51. The second kappa shape index (κ2) is 16.6. The Hall–Kier alpha value is -9.76. The van der Waals surface area contributed by atoms with Crippen molar-refractivity contribution in [2.24, 2.45) is 0 Å². The van der Waals surface area contributed by atoms with Crippen LogP contribution in [-0.2, 0) is 16.2 Å². The number of fused-ring (bicyclic) bond motifs is 19. The van der Waals surface area contributed by atoms with Crippen molar-refractivity contribution >= 4 is 38.9 Å². The van der Waals surface area contributed by atoms with E-state index >= 15 is 0 Å². The molecule has 0 aliphatic heterocycles. The van der Waals surface area contributed by atoms with Crippen LogP contribution in [0.25, 0.3) is 94.3 Å². The van der Waals surface area contributed by atoms with Crippen LogP contribution in [-0.4, -0.2) is 4.57 Å². The number of rotatable bonds is 6. The predicted molar refractivity (Wildman–Crippen MR) is 338 cm³/mol. The maximum absolute atomic E-state index is 2.49. The van der Waals surface area contributed by atoms with Crippen LogP contribution in [0.1, 0.15) is 72.2 Å². The molecule has 0 saturated carbocycles. The summed E-state index contributed by atoms with van der Waals surface area (Å²) >= 11 is 0. The van der Waals surface area contributed by atoms with Gasteiger partial charge in [-0.2, -0.15) is 0 Å². The summed E-state index contributed by atoms with van der Waals surface area (Å²) in [7, 11) is 0. The Morgan fingerprint density at radius 3 is 1.09 bits per heavy atom. The van der Waals surface area contributed by atoms with Crippen LogP contribution in [0.3, 0.4) is 0 Å². The highest BCUT2D eigenvalue weighted by molar-refractivity contribution is 6.12. The molecule has 0 radical (unpaired) electrons. The maximum atomic E-state index is 2.49. The van der Waals surface area contributed by atoms with Gasteiger partial charge in [0.05, 0.1) is 16.4 Å². The highest BCUT2D eigenvalue weighted by Crippen LogP contribution is 2.63. The average molecular weight is 1030 g/mol. The zero-order valence-corrected chi connectivity index (χ0v) is 45.8. The Balaban J connectivity index is 0.817. The molecule has 0 atom stereocenters. The second-order valence-electron chi connectivity index (χ2n) is 24.0. The largest absolute Gasteiger partial charge is 0.310 e. The number of hydrogen-bond donors (Lipinski definition) is 0. The first-order chi connectivity index (χ1) is 39.7. The zero-order chi connectivity index (χ0) is 53.9. The van der Waals surface area contributed by atoms with Crippen LogP contribution in [0, 0.1) is 0 Å². The third-order valence-electron chi connectivity index (χ3n) is 19.2. The zero-order valence-electron chi connectivity index (χ0n) is 45.8. The number of aromatic nitrogens is 1. The molecule has 4 aliphatic carbocycles. The molecule has 0 saturated heterocycles. The van der Waals surface area contributed by atoms with Crippen molar-refractivity contribution in [2.75, 3.05) is 4.90 Å². The normalized spacial score (nSPS) is 14.7. The SMILES string of the molecule is CC1(C)c2ccccc2-c2ccc(-c3ccc4c(c3)c3cc(-c5ccc6c(c5)C(C)(C)c5ccccc5-6)ccc3n4-c3ccc(N(c4ccccc4)c4ccc5c(c4)C4(c6ccccc6-c6ccccc64)c4ccccc4-5)cc3)cc21. The Bertz CT molecular complexity index is 4590. The highest BCUT2D eigenvalue weighted by atomic mass is 15.1. The third kappa shape index (κ3) is 6.28. The lowest BCUT2D eigenvalue weighted by molar-refractivity contribution is 0.660. The minimum absolute atomic E-state index is 0.0893. The van der Waals surface area contributed by atoms with Crippen molar-refractivity contribution in [2.45, 2.75) is 43.9 Å². The molecule has 2 nitrogen and oxygen atoms in total. The van der Waals surface area contributed by atoms with E-state index in [4.69, 9.17) is 0 Å². The molecule has 1 aromatic heterocycles. The summed E-state index contributed by atoms with van der Waals surface area (Å²) in [5.41, 5.74) is 32.6. The summed E-state index contributed by atoms with van der Waals surface area (Å²) in [4.78, 5) is 2.44. The van der Waals surface area contributed by atoms with Gasteiger partial charge in [0.15, 0.2) is 0 Å². The summed E-state index contributed by atoms with van der Waals surface area (Å²) in [6, 6.07) is 101. The average Bonchev–Trinajstić information content (AvgIpc) is 3.45. The predicted octanol–water partition coefficient (Wildman–Crippen LogP) is 20.5. The van der Waals surface area contributed by atoms with Gasteiger partial charge in [0, 0.05) is 44.4 Å². The molecule has 17 rings (SSSR count). The fraction of sp³-hybridized carbons (Fsp3) is 0.0886. The number of para-hydroxylation sites is 1. The molecule has 81 heavy (non-hydrogen) atoms. The Kier molecular flexibility index (Phi) is 9.49. The lowest BCUT2D eigenvalue weighted by Gasteiger charge is -2.32. The number of anilines is 3. The standard InChI is InChI=1S/C79H56N2/c1-77(2)67-25-13-8-20-57(67)62-39-30-51(46-72(62)77)49-32-42-75-65(44-49)66-45-50(52-31-40-63-58-21-9-14-26-68(58)78(3,4)73(63)47-52)33-43-76(66)81(75)55-36-34-54(35-37-55)80(53-18-6-5-7-19-53)56-38-41-64-61-24-12-17-29-71(61)79(74(64)48-56)69-27-15-10-22-59(69)60-23-11-16-28-70(60)79/h5-48H,1-4H3. The monoisotopic (exact) mass is 1030 g/mol. The van der Waals surface area contributed by atoms with E-state index in [1.54, 1.807) is 0 Å². The molecule has 1 heterocycles. The van der Waals surface area contributed by atoms with Crippen LogP contribution in [0.5, 0.6) is 0 Å². The van der Waals surface area contributed by atoms with Crippen LogP contribution < -0.4 is 4.90 Å². The first-order valence-electron chi connectivity index (χ1n) is 28.7. The first-order valence-corrected chi connectivity index (χ1v) is 28.7. The van der Waals surface area contributed by atoms with Gasteiger partial charge in [-0.05, 0) is 196 Å². The quantitative estimate of drug-likeness (QED) is 0.161. The number of benzene rings is 12. The van der Waals surface area contributed by atoms with Crippen molar-refractivity contribution in [3.63, 3.8) is 0 Å². The molecular formula is C79H56N2. The topological polar surface area (TPSA) is 8.17 Å². The Labute approximate surface area is 473 Å². The van der Waals surface area contributed by atoms with Gasteiger partial charge in [0.1, 0.15) is 0 Å². The van der Waals surface area contributed by atoms with Crippen LogP contribution in [0.15, 0.2) is 267 Å². The van der Waals surface area contributed by atoms with Gasteiger partial charge in [-0.3, -0.25) is 0 Å². The van der Waals surface area contributed by atoms with E-state index < -0.39 is 5.41 Å². The van der Waals surface area contributed by atoms with E-state index in [1.807, 2.05) is 0 Å². The summed E-state index contributed by atoms with van der Waals surface area (Å²) in [5.74, 6) is 0. The van der Waals surface area contributed by atoms with Gasteiger partial charge in [-0.15, -0.1) is 0 Å². The molecular weight excluding hydrogens is 977 g/mol. The lowest BCUT2D eigenvalue weighted by Crippen LogP contribution is -2.26. The Morgan fingerprint density at radius 2 is 0.605 bits per heavy atom. The maximum Gasteiger partial charge on any atom is 0.0726 e. The van der Waals surface area contributed by atoms with Gasteiger partial charge < -0.3 is 9.47 Å². The van der Waals surface area contributed by atoms with E-state index in [1.165, 1.54) is 133 Å². The fourth-order valence-electron chi connectivity index (χ4n) is 15.4. The molecule has 13 aromatic rings. The lowest BCUT2D eigenvalue weighted by atomic mass is 9.70. The van der Waals surface area contributed by atoms with E-state index in [0.717, 1.165) is 22.7 Å². The van der Waals surface area contributed by atoms with Crippen molar-refractivity contribution in [3.8, 4) is 72.4 Å². The minimum Gasteiger partial charge on any atom is -0.310 e. The summed E-state index contributed by atoms with van der Waals surface area (Å²) < 4.78 is 2.48. The minimum atomic E-state index is -0.441. The first kappa shape index (κ1) is 46.2. The molecule has 0 unspecified atom stereocenters. The molecule has 1 spiro atoms. The smallest absolute Gasteiger partial charge is 0.0726 e. The van der Waals surface area contributed by atoms with Crippen molar-refractivity contribution in [1.29, 1.82) is 0 Å². The molecule has 4 aliphatic rings. The Morgan fingerprint density at radius 1 is 0.259 bits per heavy atom. The van der Waals surface area contributed by atoms with Crippen molar-refractivity contribution in [3.05, 3.63) is 311 Å². The van der Waals surface area contributed by atoms with Gasteiger partial charge in [-0.25, -0.2) is 0 Å². The second-order valence-corrected chi connectivity index (χ2v) is 24.0.